The molecular weight excluding hydrogens is 285 g/mol. The topological polar surface area (TPSA) is 67.0 Å². The van der Waals surface area contributed by atoms with E-state index in [4.69, 9.17) is 4.74 Å². The fraction of sp³-hybridized carbons (Fsp3) is 0.375. The van der Waals surface area contributed by atoms with Crippen LogP contribution in [0.5, 0.6) is 0 Å². The molecule has 3 rings (SSSR count). The summed E-state index contributed by atoms with van der Waals surface area (Å²) in [5.74, 6) is -0.522. The Labute approximate surface area is 127 Å². The molecule has 0 saturated carbocycles. The van der Waals surface area contributed by atoms with Gasteiger partial charge in [-0.05, 0) is 50.1 Å². The average molecular weight is 303 g/mol. The molecule has 1 aromatic carbocycles. The van der Waals surface area contributed by atoms with E-state index < -0.39 is 0 Å². The van der Waals surface area contributed by atoms with Crippen molar-refractivity contribution in [2.24, 2.45) is 0 Å². The molecule has 1 saturated heterocycles. The Bertz CT molecular complexity index is 648. The number of halogens is 1. The molecule has 2 heterocycles. The Kier molecular flexibility index (Phi) is 4.20. The molecule has 0 bridgehead atoms. The summed E-state index contributed by atoms with van der Waals surface area (Å²) < 4.78 is 18.5. The lowest BCUT2D eigenvalue weighted by Gasteiger charge is -2.19. The highest BCUT2D eigenvalue weighted by atomic mass is 19.1. The van der Waals surface area contributed by atoms with Crippen molar-refractivity contribution < 1.29 is 13.9 Å². The summed E-state index contributed by atoms with van der Waals surface area (Å²) in [6.45, 7) is 2.69. The second-order valence-corrected chi connectivity index (χ2v) is 5.49. The smallest absolute Gasteiger partial charge is 0.269 e. The van der Waals surface area contributed by atoms with E-state index in [1.165, 1.54) is 12.1 Å². The molecule has 5 nitrogen and oxygen atoms in total. The average Bonchev–Trinajstić information content (AvgIpc) is 3.20. The number of nitrogens with one attached hydrogen (secondary N) is 2. The predicted molar refractivity (Wildman–Crippen MR) is 79.9 cm³/mol. The number of rotatable bonds is 4. The molecule has 2 atom stereocenters. The minimum absolute atomic E-state index is 0.0485. The van der Waals surface area contributed by atoms with Gasteiger partial charge >= 0.3 is 0 Å². The maximum absolute atomic E-state index is 12.9. The number of amides is 1. The molecule has 6 heteroatoms. The van der Waals surface area contributed by atoms with Gasteiger partial charge in [0.2, 0.25) is 0 Å². The van der Waals surface area contributed by atoms with Crippen molar-refractivity contribution in [1.29, 1.82) is 0 Å². The van der Waals surface area contributed by atoms with Crippen LogP contribution in [0.15, 0.2) is 30.3 Å². The molecule has 22 heavy (non-hydrogen) atoms. The molecule has 0 aliphatic carbocycles. The molecule has 2 N–H and O–H groups in total. The Morgan fingerprint density at radius 1 is 1.45 bits per heavy atom. The largest absolute Gasteiger partial charge is 0.376 e. The number of carbonyl (C=O) groups excluding carboxylic acids is 1. The van der Waals surface area contributed by atoms with Gasteiger partial charge in [0.15, 0.2) is 0 Å². The highest BCUT2D eigenvalue weighted by Crippen LogP contribution is 2.19. The van der Waals surface area contributed by atoms with Gasteiger partial charge in [-0.2, -0.15) is 5.10 Å². The van der Waals surface area contributed by atoms with E-state index in [0.29, 0.717) is 11.4 Å². The van der Waals surface area contributed by atoms with Crippen LogP contribution >= 0.6 is 0 Å². The normalized spacial score (nSPS) is 19.1. The van der Waals surface area contributed by atoms with E-state index in [1.807, 2.05) is 6.92 Å². The molecule has 1 amide bonds. The summed E-state index contributed by atoms with van der Waals surface area (Å²) in [6, 6.07) is 7.59. The predicted octanol–water partition coefficient (Wildman–Crippen LogP) is 2.51. The van der Waals surface area contributed by atoms with Gasteiger partial charge < -0.3 is 10.1 Å². The minimum Gasteiger partial charge on any atom is -0.376 e. The molecule has 1 aliphatic heterocycles. The fourth-order valence-electron chi connectivity index (χ4n) is 2.58. The minimum atomic E-state index is -0.303. The van der Waals surface area contributed by atoms with Crippen molar-refractivity contribution in [1.82, 2.24) is 15.5 Å². The first-order valence-corrected chi connectivity index (χ1v) is 7.37. The molecule has 0 spiro atoms. The van der Waals surface area contributed by atoms with Crippen molar-refractivity contribution >= 4 is 5.91 Å². The van der Waals surface area contributed by atoms with Crippen molar-refractivity contribution in [3.63, 3.8) is 0 Å². The zero-order chi connectivity index (χ0) is 15.5. The SMILES string of the molecule is CC(NC(=O)c1cc(-c2ccc(F)cc2)n[nH]1)C1CCCO1. The van der Waals surface area contributed by atoms with Crippen LogP contribution in [0.1, 0.15) is 30.3 Å². The van der Waals surface area contributed by atoms with Crippen molar-refractivity contribution in [3.05, 3.63) is 41.8 Å². The molecule has 2 unspecified atom stereocenters. The Morgan fingerprint density at radius 2 is 2.23 bits per heavy atom. The first kappa shape index (κ1) is 14.7. The van der Waals surface area contributed by atoms with Gasteiger partial charge in [-0.15, -0.1) is 0 Å². The Hall–Kier alpha value is -2.21. The van der Waals surface area contributed by atoms with Crippen molar-refractivity contribution in [3.8, 4) is 11.3 Å². The van der Waals surface area contributed by atoms with E-state index in [1.54, 1.807) is 18.2 Å². The van der Waals surface area contributed by atoms with Gasteiger partial charge in [0, 0.05) is 12.2 Å². The van der Waals surface area contributed by atoms with E-state index in [2.05, 4.69) is 15.5 Å². The third-order valence-electron chi connectivity index (χ3n) is 3.84. The number of carbonyl (C=O) groups is 1. The zero-order valence-electron chi connectivity index (χ0n) is 12.3. The van der Waals surface area contributed by atoms with Gasteiger partial charge in [-0.25, -0.2) is 4.39 Å². The Morgan fingerprint density at radius 3 is 2.91 bits per heavy atom. The third kappa shape index (κ3) is 3.17. The maximum atomic E-state index is 12.9. The van der Waals surface area contributed by atoms with Gasteiger partial charge in [-0.1, -0.05) is 0 Å². The number of nitrogens with zero attached hydrogens (tertiary/aromatic N) is 1. The van der Waals surface area contributed by atoms with Crippen LogP contribution in [0.3, 0.4) is 0 Å². The number of hydrogen-bond acceptors (Lipinski definition) is 3. The first-order valence-electron chi connectivity index (χ1n) is 7.37. The summed E-state index contributed by atoms with van der Waals surface area (Å²) >= 11 is 0. The van der Waals surface area contributed by atoms with E-state index in [-0.39, 0.29) is 23.9 Å². The van der Waals surface area contributed by atoms with Crippen LogP contribution in [0.25, 0.3) is 11.3 Å². The highest BCUT2D eigenvalue weighted by Gasteiger charge is 2.24. The number of H-pyrrole nitrogens is 1. The van der Waals surface area contributed by atoms with Gasteiger partial charge in [0.1, 0.15) is 11.5 Å². The lowest BCUT2D eigenvalue weighted by atomic mass is 10.1. The summed E-state index contributed by atoms with van der Waals surface area (Å²) in [4.78, 5) is 12.2. The van der Waals surface area contributed by atoms with Crippen LogP contribution in [0.4, 0.5) is 4.39 Å². The molecule has 116 valence electrons. The number of hydrogen-bond donors (Lipinski definition) is 2. The number of benzene rings is 1. The molecule has 0 radical (unpaired) electrons. The van der Waals surface area contributed by atoms with Crippen molar-refractivity contribution in [2.75, 3.05) is 6.61 Å². The fourth-order valence-corrected chi connectivity index (χ4v) is 2.58. The third-order valence-corrected chi connectivity index (χ3v) is 3.84. The Balaban J connectivity index is 1.67. The monoisotopic (exact) mass is 303 g/mol. The molecule has 2 aromatic rings. The van der Waals surface area contributed by atoms with Crippen LogP contribution < -0.4 is 5.32 Å². The molecule has 1 fully saturated rings. The van der Waals surface area contributed by atoms with Crippen LogP contribution in [-0.2, 0) is 4.74 Å². The summed E-state index contributed by atoms with van der Waals surface area (Å²) in [7, 11) is 0. The van der Waals surface area contributed by atoms with Crippen LogP contribution in [0.2, 0.25) is 0 Å². The van der Waals surface area contributed by atoms with Gasteiger partial charge in [-0.3, -0.25) is 9.89 Å². The quantitative estimate of drug-likeness (QED) is 0.912. The molecule has 1 aromatic heterocycles. The van der Waals surface area contributed by atoms with Crippen molar-refractivity contribution in [2.45, 2.75) is 31.9 Å². The second-order valence-electron chi connectivity index (χ2n) is 5.49. The standard InChI is InChI=1S/C16H18FN3O2/c1-10(15-3-2-8-22-15)18-16(21)14-9-13(19-20-14)11-4-6-12(17)7-5-11/h4-7,9-10,15H,2-3,8H2,1H3,(H,18,21)(H,19,20). The van der Waals surface area contributed by atoms with E-state index >= 15 is 0 Å². The number of ether oxygens (including phenoxy) is 1. The van der Waals surface area contributed by atoms with Crippen LogP contribution in [-0.4, -0.2) is 34.9 Å². The number of aromatic amines is 1. The summed E-state index contributed by atoms with van der Waals surface area (Å²) in [5, 5.41) is 9.74. The lowest BCUT2D eigenvalue weighted by Crippen LogP contribution is -2.40. The first-order chi connectivity index (χ1) is 10.6. The summed E-state index contributed by atoms with van der Waals surface area (Å²) in [5.41, 5.74) is 1.74. The maximum Gasteiger partial charge on any atom is 0.269 e. The van der Waals surface area contributed by atoms with E-state index in [9.17, 15) is 9.18 Å². The van der Waals surface area contributed by atoms with Crippen LogP contribution in [0, 0.1) is 5.82 Å². The summed E-state index contributed by atoms with van der Waals surface area (Å²) in [6.07, 6.45) is 2.07. The lowest BCUT2D eigenvalue weighted by molar-refractivity contribution is 0.0709. The number of aromatic nitrogens is 2. The molecular formula is C16H18FN3O2. The molecule has 1 aliphatic rings. The zero-order valence-corrected chi connectivity index (χ0v) is 12.3. The second kappa shape index (κ2) is 6.27. The van der Waals surface area contributed by atoms with E-state index in [0.717, 1.165) is 25.0 Å². The van der Waals surface area contributed by atoms with Gasteiger partial charge in [0.25, 0.3) is 5.91 Å². The van der Waals surface area contributed by atoms with Gasteiger partial charge in [0.05, 0.1) is 17.8 Å². The highest BCUT2D eigenvalue weighted by molar-refractivity contribution is 5.93.